The molecular weight excluding hydrogens is 170 g/mol. The zero-order chi connectivity index (χ0) is 9.73. The summed E-state index contributed by atoms with van der Waals surface area (Å²) in [7, 11) is 0. The van der Waals surface area contributed by atoms with Gasteiger partial charge in [-0.15, -0.1) is 0 Å². The van der Waals surface area contributed by atoms with Crippen molar-refractivity contribution in [3.05, 3.63) is 0 Å². The minimum absolute atomic E-state index is 0.311. The number of nitrogens with zero attached hydrogens (tertiary/aromatic N) is 1. The van der Waals surface area contributed by atoms with E-state index in [9.17, 15) is 5.11 Å². The summed E-state index contributed by atoms with van der Waals surface area (Å²) < 4.78 is 5.07. The SMILES string of the molecule is CCNC(N)=NCC1(O)CCOC1. The molecule has 4 N–H and O–H groups in total. The Labute approximate surface area is 78.0 Å². The average Bonchev–Trinajstić information content (AvgIpc) is 2.51. The van der Waals surface area contributed by atoms with Crippen LogP contribution in [0, 0.1) is 0 Å². The number of guanidine groups is 1. The monoisotopic (exact) mass is 187 g/mol. The van der Waals surface area contributed by atoms with Crippen LogP contribution in [-0.2, 0) is 4.74 Å². The van der Waals surface area contributed by atoms with E-state index >= 15 is 0 Å². The highest BCUT2D eigenvalue weighted by Gasteiger charge is 2.31. The van der Waals surface area contributed by atoms with Crippen molar-refractivity contribution in [3.63, 3.8) is 0 Å². The van der Waals surface area contributed by atoms with E-state index < -0.39 is 5.60 Å². The molecule has 1 saturated heterocycles. The fourth-order valence-corrected chi connectivity index (χ4v) is 1.19. The summed E-state index contributed by atoms with van der Waals surface area (Å²) in [5.41, 5.74) is 4.70. The Kier molecular flexibility index (Phi) is 3.50. The van der Waals surface area contributed by atoms with Crippen molar-refractivity contribution in [1.29, 1.82) is 0 Å². The molecule has 5 nitrogen and oxygen atoms in total. The van der Waals surface area contributed by atoms with Crippen LogP contribution in [0.15, 0.2) is 4.99 Å². The molecule has 0 aromatic heterocycles. The molecule has 0 spiro atoms. The van der Waals surface area contributed by atoms with Gasteiger partial charge in [0.1, 0.15) is 5.60 Å². The van der Waals surface area contributed by atoms with Gasteiger partial charge >= 0.3 is 0 Å². The number of aliphatic imine (C=N–C) groups is 1. The van der Waals surface area contributed by atoms with Crippen molar-refractivity contribution in [2.45, 2.75) is 18.9 Å². The summed E-state index contributed by atoms with van der Waals surface area (Å²) in [4.78, 5) is 4.02. The van der Waals surface area contributed by atoms with E-state index in [2.05, 4.69) is 10.3 Å². The highest BCUT2D eigenvalue weighted by Crippen LogP contribution is 2.18. The van der Waals surface area contributed by atoms with Crippen LogP contribution in [-0.4, -0.2) is 43.0 Å². The van der Waals surface area contributed by atoms with Crippen molar-refractivity contribution >= 4 is 5.96 Å². The largest absolute Gasteiger partial charge is 0.385 e. The third-order valence-corrected chi connectivity index (χ3v) is 1.98. The van der Waals surface area contributed by atoms with Gasteiger partial charge in [0.25, 0.3) is 0 Å². The van der Waals surface area contributed by atoms with E-state index in [4.69, 9.17) is 10.5 Å². The maximum absolute atomic E-state index is 9.79. The number of nitrogens with one attached hydrogen (secondary N) is 1. The standard InChI is InChI=1S/C8H17N3O2/c1-2-10-7(9)11-5-8(12)3-4-13-6-8/h12H,2-6H2,1H3,(H3,9,10,11). The molecule has 1 heterocycles. The number of ether oxygens (including phenoxy) is 1. The molecule has 0 aromatic carbocycles. The lowest BCUT2D eigenvalue weighted by Crippen LogP contribution is -2.37. The summed E-state index contributed by atoms with van der Waals surface area (Å²) >= 11 is 0. The molecule has 0 bridgehead atoms. The van der Waals surface area contributed by atoms with Gasteiger partial charge in [-0.2, -0.15) is 0 Å². The first-order valence-electron chi connectivity index (χ1n) is 4.50. The second-order valence-electron chi connectivity index (χ2n) is 3.26. The number of hydrogen-bond donors (Lipinski definition) is 3. The van der Waals surface area contributed by atoms with Gasteiger partial charge in [-0.05, 0) is 6.92 Å². The zero-order valence-corrected chi connectivity index (χ0v) is 7.92. The van der Waals surface area contributed by atoms with Crippen molar-refractivity contribution in [1.82, 2.24) is 5.32 Å². The molecule has 1 fully saturated rings. The number of nitrogens with two attached hydrogens (primary N) is 1. The summed E-state index contributed by atoms with van der Waals surface area (Å²) in [6.45, 7) is 3.95. The first-order valence-corrected chi connectivity index (χ1v) is 4.50. The molecule has 0 saturated carbocycles. The number of rotatable bonds is 3. The van der Waals surface area contributed by atoms with Crippen molar-refractivity contribution in [2.75, 3.05) is 26.3 Å². The van der Waals surface area contributed by atoms with Crippen LogP contribution in [0.1, 0.15) is 13.3 Å². The van der Waals surface area contributed by atoms with Crippen molar-refractivity contribution < 1.29 is 9.84 Å². The molecule has 13 heavy (non-hydrogen) atoms. The maximum Gasteiger partial charge on any atom is 0.188 e. The average molecular weight is 187 g/mol. The predicted molar refractivity (Wildman–Crippen MR) is 50.6 cm³/mol. The molecule has 1 aliphatic rings. The Bertz CT molecular complexity index is 188. The van der Waals surface area contributed by atoms with E-state index in [0.717, 1.165) is 6.54 Å². The lowest BCUT2D eigenvalue weighted by molar-refractivity contribution is 0.0349. The summed E-state index contributed by atoms with van der Waals surface area (Å²) in [5.74, 6) is 0.378. The second kappa shape index (κ2) is 4.43. The molecule has 5 heteroatoms. The predicted octanol–water partition coefficient (Wildman–Crippen LogP) is -0.938. The molecule has 0 aromatic rings. The van der Waals surface area contributed by atoms with E-state index in [1.165, 1.54) is 0 Å². The van der Waals surface area contributed by atoms with Crippen molar-refractivity contribution in [3.8, 4) is 0 Å². The summed E-state index contributed by atoms with van der Waals surface area (Å²) in [6.07, 6.45) is 0.635. The first kappa shape index (κ1) is 10.3. The molecule has 0 radical (unpaired) electrons. The minimum Gasteiger partial charge on any atom is -0.385 e. The Hall–Kier alpha value is -0.810. The van der Waals surface area contributed by atoms with Gasteiger partial charge < -0.3 is 20.9 Å². The Balaban J connectivity index is 2.35. The van der Waals surface area contributed by atoms with E-state index in [1.54, 1.807) is 0 Å². The zero-order valence-electron chi connectivity index (χ0n) is 7.92. The number of aliphatic hydroxyl groups is 1. The highest BCUT2D eigenvalue weighted by molar-refractivity contribution is 5.77. The molecule has 1 aliphatic heterocycles. The normalized spacial score (nSPS) is 29.2. The van der Waals surface area contributed by atoms with Gasteiger partial charge in [-0.1, -0.05) is 0 Å². The lowest BCUT2D eigenvalue weighted by Gasteiger charge is -2.17. The fraction of sp³-hybridized carbons (Fsp3) is 0.875. The molecule has 1 unspecified atom stereocenters. The van der Waals surface area contributed by atoms with Crippen LogP contribution in [0.25, 0.3) is 0 Å². The Morgan fingerprint density at radius 2 is 2.54 bits per heavy atom. The minimum atomic E-state index is -0.806. The smallest absolute Gasteiger partial charge is 0.188 e. The highest BCUT2D eigenvalue weighted by atomic mass is 16.5. The van der Waals surface area contributed by atoms with Gasteiger partial charge in [0.2, 0.25) is 0 Å². The molecule has 1 rings (SSSR count). The Morgan fingerprint density at radius 3 is 3.08 bits per heavy atom. The van der Waals surface area contributed by atoms with E-state index in [-0.39, 0.29) is 0 Å². The van der Waals surface area contributed by atoms with E-state index in [1.807, 2.05) is 6.92 Å². The van der Waals surface area contributed by atoms with Crippen LogP contribution in [0.2, 0.25) is 0 Å². The van der Waals surface area contributed by atoms with Gasteiger partial charge in [0.05, 0.1) is 13.2 Å². The van der Waals surface area contributed by atoms with Crippen LogP contribution in [0.3, 0.4) is 0 Å². The molecule has 76 valence electrons. The second-order valence-corrected chi connectivity index (χ2v) is 3.26. The summed E-state index contributed by atoms with van der Waals surface area (Å²) in [6, 6.07) is 0. The first-order chi connectivity index (χ1) is 6.16. The van der Waals surface area contributed by atoms with Crippen LogP contribution in [0.4, 0.5) is 0 Å². The Morgan fingerprint density at radius 1 is 1.77 bits per heavy atom. The van der Waals surface area contributed by atoms with E-state index in [0.29, 0.717) is 32.1 Å². The third-order valence-electron chi connectivity index (χ3n) is 1.98. The van der Waals surface area contributed by atoms with Crippen LogP contribution >= 0.6 is 0 Å². The van der Waals surface area contributed by atoms with Crippen LogP contribution in [0.5, 0.6) is 0 Å². The molecule has 1 atom stereocenters. The number of hydrogen-bond acceptors (Lipinski definition) is 3. The van der Waals surface area contributed by atoms with Gasteiger partial charge in [-0.3, -0.25) is 4.99 Å². The quantitative estimate of drug-likeness (QED) is 0.393. The van der Waals surface area contributed by atoms with Crippen LogP contribution < -0.4 is 11.1 Å². The van der Waals surface area contributed by atoms with Gasteiger partial charge in [-0.25, -0.2) is 0 Å². The van der Waals surface area contributed by atoms with Gasteiger partial charge in [0, 0.05) is 19.6 Å². The molecular formula is C8H17N3O2. The fourth-order valence-electron chi connectivity index (χ4n) is 1.19. The van der Waals surface area contributed by atoms with Gasteiger partial charge in [0.15, 0.2) is 5.96 Å². The maximum atomic E-state index is 9.79. The molecule has 0 amide bonds. The topological polar surface area (TPSA) is 79.9 Å². The summed E-state index contributed by atoms with van der Waals surface area (Å²) in [5, 5.41) is 12.7. The molecule has 0 aliphatic carbocycles. The lowest BCUT2D eigenvalue weighted by atomic mass is 10.0. The third kappa shape index (κ3) is 3.20. The van der Waals surface area contributed by atoms with Crippen molar-refractivity contribution in [2.24, 2.45) is 10.7 Å².